The molecule has 1 spiro atoms. The summed E-state index contributed by atoms with van der Waals surface area (Å²) < 4.78 is 13.2. The third kappa shape index (κ3) is 9.90. The summed E-state index contributed by atoms with van der Waals surface area (Å²) in [6, 6.07) is 111. The minimum absolute atomic E-state index is 0.106. The van der Waals surface area contributed by atoms with E-state index >= 15 is 0 Å². The van der Waals surface area contributed by atoms with Crippen molar-refractivity contribution in [2.45, 2.75) is 57.8 Å². The van der Waals surface area contributed by atoms with Crippen LogP contribution >= 0.6 is 0 Å². The van der Waals surface area contributed by atoms with Gasteiger partial charge in [-0.3, -0.25) is 0 Å². The molecule has 458 valence electrons. The zero-order chi connectivity index (χ0) is 63.9. The first-order valence-electron chi connectivity index (χ1n) is 32.3. The number of rotatable bonds is 10. The molecule has 6 nitrogen and oxygen atoms in total. The molecule has 7 heteroatoms. The molecule has 14 aromatic rings. The second-order valence-corrected chi connectivity index (χ2v) is 27.7. The Morgan fingerprint density at radius 2 is 0.819 bits per heavy atom. The molecule has 0 saturated heterocycles. The Kier molecular flexibility index (Phi) is 14.4. The van der Waals surface area contributed by atoms with E-state index in [-0.39, 0.29) is 10.8 Å². The fourth-order valence-corrected chi connectivity index (χ4v) is 15.5. The van der Waals surface area contributed by atoms with Crippen molar-refractivity contribution in [3.05, 3.63) is 347 Å². The molecule has 0 N–H and O–H groups in total. The van der Waals surface area contributed by atoms with Gasteiger partial charge in [-0.25, -0.2) is 0 Å². The van der Waals surface area contributed by atoms with E-state index in [0.29, 0.717) is 11.5 Å². The van der Waals surface area contributed by atoms with Gasteiger partial charge in [0.25, 0.3) is 0 Å². The number of imidazole rings is 1. The monoisotopic (exact) mass is 1390 g/mol. The molecule has 16 rings (SSSR count). The zero-order valence-electron chi connectivity index (χ0n) is 53.4. The van der Waals surface area contributed by atoms with Gasteiger partial charge in [-0.15, -0.1) is 0 Å². The average Bonchev–Trinajstić information content (AvgIpc) is 0.810. The number of anilines is 6. The van der Waals surface area contributed by atoms with Crippen LogP contribution in [0.5, 0.6) is 11.5 Å². The standard InChI is InChI=1S/C87H69N5O.Pt/c1-85(2,3)65-49-50-88-83(55-65)92-77-40-23-22-39-73(77)87(75-51-63(59-27-12-7-13-28-59)43-47-78(75)91(67-35-20-11-21-36-67)79-48-44-64(52-76(79)87)60-29-14-8-15-30-60)74-46-45-70(57-82(74)92)93-69-38-26-37-68(56-69)89-58-90(81-42-25-24-41-80(81)89)84-71(61-31-16-9-17-32-61)53-66(86(4,5)6)54-72(84)62-33-18-10-19-34-62;/h7-57H,1-6H3;. The molecule has 0 bridgehead atoms. The van der Waals surface area contributed by atoms with Crippen LogP contribution in [0.3, 0.4) is 0 Å². The molecule has 0 unspecified atom stereocenters. The molecule has 94 heavy (non-hydrogen) atoms. The molecule has 0 amide bonds. The summed E-state index contributed by atoms with van der Waals surface area (Å²) in [5.74, 6) is 2.23. The third-order valence-corrected chi connectivity index (χ3v) is 19.9. The van der Waals surface area contributed by atoms with Crippen molar-refractivity contribution in [2.75, 3.05) is 9.80 Å². The van der Waals surface area contributed by atoms with Crippen LogP contribution in [-0.4, -0.2) is 14.1 Å². The van der Waals surface area contributed by atoms with Gasteiger partial charge in [-0.05, 0) is 75.7 Å². The van der Waals surface area contributed by atoms with E-state index in [1.165, 1.54) is 33.4 Å². The number of pyridine rings is 1. The van der Waals surface area contributed by atoms with Gasteiger partial charge in [0, 0.05) is 11.9 Å². The molecule has 4 heterocycles. The van der Waals surface area contributed by atoms with Crippen molar-refractivity contribution >= 4 is 45.3 Å². The van der Waals surface area contributed by atoms with Crippen LogP contribution in [0, 0.1) is 3.80 Å². The Labute approximate surface area is 561 Å². The third-order valence-electron chi connectivity index (χ3n) is 18.9. The summed E-state index contributed by atoms with van der Waals surface area (Å²) in [6.07, 6.45) is 1.97. The zero-order valence-corrected chi connectivity index (χ0v) is 55.7. The van der Waals surface area contributed by atoms with Crippen molar-refractivity contribution in [1.29, 1.82) is 0 Å². The predicted octanol–water partition coefficient (Wildman–Crippen LogP) is 22.9. The summed E-state index contributed by atoms with van der Waals surface area (Å²) in [7, 11) is 0. The van der Waals surface area contributed by atoms with Crippen molar-refractivity contribution < 1.29 is 24.1 Å². The molecule has 0 aliphatic carbocycles. The second kappa shape index (κ2) is 23.2. The molecule has 12 aromatic carbocycles. The first-order valence-corrected chi connectivity index (χ1v) is 33.5. The maximum absolute atomic E-state index is 7.36. The van der Waals surface area contributed by atoms with Crippen LogP contribution in [0.2, 0.25) is 0 Å². The van der Waals surface area contributed by atoms with Gasteiger partial charge in [0.2, 0.25) is 0 Å². The van der Waals surface area contributed by atoms with Gasteiger partial charge in [0.05, 0.1) is 11.4 Å². The molecule has 0 atom stereocenters. The fraction of sp³-hybridized carbons (Fsp3) is 0.103. The minimum atomic E-state index is -0.885. The number of hydrogen-bond acceptors (Lipinski definition) is 4. The van der Waals surface area contributed by atoms with Gasteiger partial charge in [0.1, 0.15) is 0 Å². The molecular weight excluding hydrogens is 1330 g/mol. The van der Waals surface area contributed by atoms with Gasteiger partial charge in [-0.1, -0.05) is 130 Å². The number of ether oxygens (including phenoxy) is 1. The summed E-state index contributed by atoms with van der Waals surface area (Å²) >= 11 is 2.55. The molecule has 0 fully saturated rings. The summed E-state index contributed by atoms with van der Waals surface area (Å²) in [5.41, 5.74) is 24.7. The van der Waals surface area contributed by atoms with Gasteiger partial charge in [-0.2, -0.15) is 0 Å². The number of fused-ring (bicyclic) bond motifs is 9. The van der Waals surface area contributed by atoms with E-state index < -0.39 is 5.41 Å². The number of benzene rings is 12. The van der Waals surface area contributed by atoms with E-state index in [1.807, 2.05) is 6.20 Å². The van der Waals surface area contributed by atoms with Crippen LogP contribution in [0.1, 0.15) is 74.9 Å². The van der Waals surface area contributed by atoms with Gasteiger partial charge in [0.15, 0.2) is 0 Å². The van der Waals surface area contributed by atoms with Gasteiger partial charge >= 0.3 is 331 Å². The second-order valence-electron chi connectivity index (χ2n) is 26.7. The van der Waals surface area contributed by atoms with Crippen LogP contribution < -0.4 is 14.5 Å². The van der Waals surface area contributed by atoms with Crippen molar-refractivity contribution in [1.82, 2.24) is 14.1 Å². The molecule has 0 radical (unpaired) electrons. The Morgan fingerprint density at radius 3 is 1.39 bits per heavy atom. The normalized spacial score (nSPS) is 13.1. The molecule has 0 saturated carbocycles. The number of nitrogens with zero attached hydrogens (tertiary/aromatic N) is 5. The van der Waals surface area contributed by atoms with Crippen LogP contribution in [-0.2, 0) is 35.6 Å². The van der Waals surface area contributed by atoms with E-state index in [1.54, 1.807) is 0 Å². The van der Waals surface area contributed by atoms with Crippen molar-refractivity contribution in [3.8, 4) is 67.4 Å². The Bertz CT molecular complexity index is 5130. The van der Waals surface area contributed by atoms with Crippen LogP contribution in [0.15, 0.2) is 310 Å². The topological polar surface area (TPSA) is 38.5 Å². The number of hydrogen-bond donors (Lipinski definition) is 0. The SMILES string of the molecule is CC(C)(C)c1ccnc(N2c3ccccc3C3(c4cc(-c5ccccc5)ccc4N(c4ccccc4)c4ccc(-c5ccccc5)cc43)c3ccc(Oc4cccc(-n5[c](=[Pt])n(-c6c(-c7ccccc7)cc(C(C)(C)C)cc6-c6ccccc6)c6ccccc65)c4)cc32)c1. The number of aromatic nitrogens is 3. The quantitative estimate of drug-likeness (QED) is 0.137. The van der Waals surface area contributed by atoms with E-state index in [9.17, 15) is 0 Å². The number of para-hydroxylation sites is 4. The van der Waals surface area contributed by atoms with Crippen molar-refractivity contribution in [3.63, 3.8) is 0 Å². The van der Waals surface area contributed by atoms with E-state index in [4.69, 9.17) is 9.72 Å². The van der Waals surface area contributed by atoms with Gasteiger partial charge < -0.3 is 4.90 Å². The van der Waals surface area contributed by atoms with Crippen LogP contribution in [0.4, 0.5) is 34.3 Å². The molecule has 2 aliphatic heterocycles. The first kappa shape index (κ1) is 58.4. The summed E-state index contributed by atoms with van der Waals surface area (Å²) in [6.45, 7) is 13.7. The molecule has 2 aromatic heterocycles. The predicted molar refractivity (Wildman–Crippen MR) is 384 cm³/mol. The Morgan fingerprint density at radius 1 is 0.340 bits per heavy atom. The first-order chi connectivity index (χ1) is 45.8. The summed E-state index contributed by atoms with van der Waals surface area (Å²) in [5, 5.41) is 0. The Balaban J connectivity index is 0.919. The molecular formula is C87H69N5OPt. The van der Waals surface area contributed by atoms with E-state index in [2.05, 4.69) is 383 Å². The molecule has 2 aliphatic rings. The van der Waals surface area contributed by atoms with Crippen molar-refractivity contribution in [2.24, 2.45) is 0 Å². The van der Waals surface area contributed by atoms with Crippen LogP contribution in [0.25, 0.3) is 66.9 Å². The average molecular weight is 1400 g/mol. The fourth-order valence-electron chi connectivity index (χ4n) is 14.4. The van der Waals surface area contributed by atoms with E-state index in [0.717, 1.165) is 105 Å². The maximum atomic E-state index is 7.36. The Hall–Kier alpha value is -10.7. The summed E-state index contributed by atoms with van der Waals surface area (Å²) in [4.78, 5) is 10.2.